The first-order valence-corrected chi connectivity index (χ1v) is 9.27. The Bertz CT molecular complexity index is 1080. The van der Waals surface area contributed by atoms with Crippen LogP contribution in [0.1, 0.15) is 18.4 Å². The Morgan fingerprint density at radius 2 is 2.11 bits per heavy atom. The van der Waals surface area contributed by atoms with Crippen LogP contribution in [-0.4, -0.2) is 37.5 Å². The van der Waals surface area contributed by atoms with Crippen LogP contribution >= 0.6 is 0 Å². The maximum Gasteiger partial charge on any atom is 0.534 e. The third-order valence-corrected chi connectivity index (χ3v) is 4.90. The first-order valence-electron chi connectivity index (χ1n) is 7.86. The van der Waals surface area contributed by atoms with Crippen molar-refractivity contribution in [2.24, 2.45) is 0 Å². The van der Waals surface area contributed by atoms with E-state index in [9.17, 15) is 26.4 Å². The predicted molar refractivity (Wildman–Crippen MR) is 88.7 cm³/mol. The second-order valence-corrected chi connectivity index (χ2v) is 7.43. The van der Waals surface area contributed by atoms with Crippen LogP contribution in [0.4, 0.5) is 13.2 Å². The summed E-state index contributed by atoms with van der Waals surface area (Å²) >= 11 is 0. The average molecular weight is 415 g/mol. The van der Waals surface area contributed by atoms with Gasteiger partial charge in [-0.2, -0.15) is 26.9 Å². The number of hydrogen-bond acceptors (Lipinski definition) is 7. The Hall–Kier alpha value is -3.07. The van der Waals surface area contributed by atoms with Crippen molar-refractivity contribution < 1.29 is 35.3 Å². The fourth-order valence-electron chi connectivity index (χ4n) is 2.59. The summed E-state index contributed by atoms with van der Waals surface area (Å²) in [5, 5.41) is 12.3. The second kappa shape index (κ2) is 7.16. The Kier molecular flexibility index (Phi) is 5.03. The molecule has 28 heavy (non-hydrogen) atoms. The molecule has 1 fully saturated rings. The topological polar surface area (TPSA) is 118 Å². The zero-order valence-electron chi connectivity index (χ0n) is 14.0. The van der Waals surface area contributed by atoms with Crippen molar-refractivity contribution in [2.75, 3.05) is 6.61 Å². The number of nitriles is 1. The van der Waals surface area contributed by atoms with Gasteiger partial charge in [0.15, 0.2) is 5.75 Å². The molecular weight excluding hydrogens is 403 g/mol. The molecule has 0 unspecified atom stereocenters. The molecule has 12 heteroatoms. The van der Waals surface area contributed by atoms with Crippen molar-refractivity contribution >= 4 is 26.8 Å². The number of pyridine rings is 1. The number of carbonyl (C=O) groups is 1. The third-order valence-electron chi connectivity index (χ3n) is 3.94. The largest absolute Gasteiger partial charge is 0.534 e. The molecule has 3 rings (SSSR count). The van der Waals surface area contributed by atoms with Crippen LogP contribution in [0.2, 0.25) is 0 Å². The van der Waals surface area contributed by atoms with E-state index >= 15 is 0 Å². The molecular formula is C16H12F3N3O5S. The molecule has 1 amide bonds. The third kappa shape index (κ3) is 3.94. The van der Waals surface area contributed by atoms with E-state index in [2.05, 4.69) is 14.5 Å². The number of nitrogens with one attached hydrogen (secondary N) is 1. The van der Waals surface area contributed by atoms with E-state index in [1.165, 1.54) is 18.3 Å². The average Bonchev–Trinajstić information content (AvgIpc) is 3.03. The molecule has 1 aliphatic rings. The van der Waals surface area contributed by atoms with Gasteiger partial charge in [0.25, 0.3) is 0 Å². The van der Waals surface area contributed by atoms with Gasteiger partial charge in [-0.1, -0.05) is 0 Å². The smallest absolute Gasteiger partial charge is 0.475 e. The summed E-state index contributed by atoms with van der Waals surface area (Å²) < 4.78 is 70.1. The Morgan fingerprint density at radius 1 is 1.36 bits per heavy atom. The van der Waals surface area contributed by atoms with Gasteiger partial charge < -0.3 is 14.2 Å². The SMILES string of the molecule is N#Cc1cc2ccnc(OC[C@@H]3CCC(=O)N3)c2cc1OS(=O)(=O)C(F)(F)F. The predicted octanol–water partition coefficient (Wildman–Crippen LogP) is 1.99. The molecule has 0 spiro atoms. The van der Waals surface area contributed by atoms with Gasteiger partial charge in [0.05, 0.1) is 11.6 Å². The van der Waals surface area contributed by atoms with Crippen molar-refractivity contribution in [2.45, 2.75) is 24.4 Å². The van der Waals surface area contributed by atoms with Crippen molar-refractivity contribution in [1.82, 2.24) is 10.3 Å². The number of ether oxygens (including phenoxy) is 1. The number of fused-ring (bicyclic) bond motifs is 1. The molecule has 0 radical (unpaired) electrons. The number of amides is 1. The summed E-state index contributed by atoms with van der Waals surface area (Å²) in [5.41, 5.74) is -6.05. The molecule has 2 heterocycles. The molecule has 1 N–H and O–H groups in total. The van der Waals surface area contributed by atoms with Crippen LogP contribution in [0.3, 0.4) is 0 Å². The van der Waals surface area contributed by atoms with Crippen molar-refractivity contribution in [3.63, 3.8) is 0 Å². The first kappa shape index (κ1) is 19.7. The molecule has 8 nitrogen and oxygen atoms in total. The number of nitrogens with zero attached hydrogens (tertiary/aromatic N) is 2. The number of alkyl halides is 3. The van der Waals surface area contributed by atoms with Gasteiger partial charge in [-0.25, -0.2) is 4.98 Å². The minimum atomic E-state index is -5.96. The zero-order chi connectivity index (χ0) is 20.5. The first-order chi connectivity index (χ1) is 13.1. The van der Waals surface area contributed by atoms with Crippen molar-refractivity contribution in [3.8, 4) is 17.7 Å². The van der Waals surface area contributed by atoms with E-state index in [1.807, 2.05) is 0 Å². The minimum Gasteiger partial charge on any atom is -0.475 e. The van der Waals surface area contributed by atoms with Crippen LogP contribution in [0, 0.1) is 11.3 Å². The van der Waals surface area contributed by atoms with E-state index in [4.69, 9.17) is 10.00 Å². The Balaban J connectivity index is 1.96. The molecule has 1 atom stereocenters. The molecule has 1 aliphatic heterocycles. The van der Waals surface area contributed by atoms with Gasteiger partial charge in [0.1, 0.15) is 12.7 Å². The Labute approximate surface area is 157 Å². The lowest BCUT2D eigenvalue weighted by atomic mass is 10.1. The van der Waals surface area contributed by atoms with Gasteiger partial charge in [-0.3, -0.25) is 4.79 Å². The summed E-state index contributed by atoms with van der Waals surface area (Å²) in [5.74, 6) is -0.914. The van der Waals surface area contributed by atoms with E-state index in [-0.39, 0.29) is 29.8 Å². The maximum absolute atomic E-state index is 12.6. The summed E-state index contributed by atoms with van der Waals surface area (Å²) in [6.07, 6.45) is 2.27. The van der Waals surface area contributed by atoms with Crippen LogP contribution in [0.25, 0.3) is 10.8 Å². The van der Waals surface area contributed by atoms with E-state index in [0.29, 0.717) is 18.2 Å². The quantitative estimate of drug-likeness (QED) is 0.586. The number of hydrogen-bond donors (Lipinski definition) is 1. The zero-order valence-corrected chi connectivity index (χ0v) is 14.8. The van der Waals surface area contributed by atoms with Gasteiger partial charge >= 0.3 is 15.6 Å². The van der Waals surface area contributed by atoms with Crippen molar-refractivity contribution in [1.29, 1.82) is 5.26 Å². The highest BCUT2D eigenvalue weighted by molar-refractivity contribution is 7.88. The Morgan fingerprint density at radius 3 is 2.71 bits per heavy atom. The lowest BCUT2D eigenvalue weighted by molar-refractivity contribution is -0.119. The second-order valence-electron chi connectivity index (χ2n) is 5.89. The summed E-state index contributed by atoms with van der Waals surface area (Å²) in [6, 6.07) is 4.95. The monoisotopic (exact) mass is 415 g/mol. The van der Waals surface area contributed by atoms with Gasteiger partial charge in [0, 0.05) is 18.0 Å². The van der Waals surface area contributed by atoms with Gasteiger partial charge in [0.2, 0.25) is 11.8 Å². The lowest BCUT2D eigenvalue weighted by Gasteiger charge is -2.14. The molecule has 1 aromatic carbocycles. The van der Waals surface area contributed by atoms with Crippen LogP contribution in [0.5, 0.6) is 11.6 Å². The minimum absolute atomic E-state index is 0.00241. The van der Waals surface area contributed by atoms with Crippen LogP contribution in [-0.2, 0) is 14.9 Å². The molecule has 2 aromatic rings. The summed E-state index contributed by atoms with van der Waals surface area (Å²) in [6.45, 7) is 0.0644. The van der Waals surface area contributed by atoms with Crippen molar-refractivity contribution in [3.05, 3.63) is 30.0 Å². The molecule has 148 valence electrons. The number of benzene rings is 1. The summed E-state index contributed by atoms with van der Waals surface area (Å²) in [7, 11) is -5.96. The summed E-state index contributed by atoms with van der Waals surface area (Å²) in [4.78, 5) is 15.2. The molecule has 1 aromatic heterocycles. The van der Waals surface area contributed by atoms with E-state index < -0.39 is 26.9 Å². The fourth-order valence-corrected chi connectivity index (χ4v) is 3.06. The number of carbonyl (C=O) groups excluding carboxylic acids is 1. The number of halogens is 3. The highest BCUT2D eigenvalue weighted by atomic mass is 32.2. The highest BCUT2D eigenvalue weighted by Crippen LogP contribution is 2.34. The normalized spacial score (nSPS) is 17.2. The highest BCUT2D eigenvalue weighted by Gasteiger charge is 2.48. The van der Waals surface area contributed by atoms with Crippen LogP contribution < -0.4 is 14.2 Å². The maximum atomic E-state index is 12.6. The van der Waals surface area contributed by atoms with E-state index in [1.54, 1.807) is 6.07 Å². The van der Waals surface area contributed by atoms with E-state index in [0.717, 1.165) is 6.07 Å². The van der Waals surface area contributed by atoms with Crippen LogP contribution in [0.15, 0.2) is 24.4 Å². The van der Waals surface area contributed by atoms with Gasteiger partial charge in [-0.05, 0) is 30.0 Å². The molecule has 0 saturated carbocycles. The fraction of sp³-hybridized carbons (Fsp3) is 0.312. The standard InChI is InChI=1S/C16H12F3N3O5S/c17-16(18,19)28(24,25)27-13-6-12-9(5-10(13)7-20)3-4-21-15(12)26-8-11-1-2-14(23)22-11/h3-6,11H,1-2,8H2,(H,22,23)/t11-/m0/s1. The molecule has 0 aliphatic carbocycles. The number of aromatic nitrogens is 1. The lowest BCUT2D eigenvalue weighted by Crippen LogP contribution is -2.31. The number of rotatable bonds is 5. The molecule has 0 bridgehead atoms. The van der Waals surface area contributed by atoms with Gasteiger partial charge in [-0.15, -0.1) is 0 Å². The molecule has 1 saturated heterocycles.